The lowest BCUT2D eigenvalue weighted by Gasteiger charge is -2.22. The third-order valence-corrected chi connectivity index (χ3v) is 4.06. The van der Waals surface area contributed by atoms with E-state index in [0.29, 0.717) is 5.69 Å². The van der Waals surface area contributed by atoms with Crippen molar-refractivity contribution in [1.29, 1.82) is 0 Å². The molecular formula is C17H18FN3O2. The van der Waals surface area contributed by atoms with Gasteiger partial charge < -0.3 is 21.5 Å². The molecule has 1 aliphatic rings. The number of rotatable bonds is 3. The van der Waals surface area contributed by atoms with Gasteiger partial charge in [0.2, 0.25) is 5.91 Å². The highest BCUT2D eigenvalue weighted by Crippen LogP contribution is 2.31. The van der Waals surface area contributed by atoms with Gasteiger partial charge in [0.1, 0.15) is 11.4 Å². The lowest BCUT2D eigenvalue weighted by Crippen LogP contribution is -2.35. The van der Waals surface area contributed by atoms with Gasteiger partial charge in [-0.2, -0.15) is 0 Å². The molecule has 0 radical (unpaired) electrons. The number of carbonyl (C=O) groups is 1. The van der Waals surface area contributed by atoms with E-state index >= 15 is 0 Å². The number of halogens is 1. The summed E-state index contributed by atoms with van der Waals surface area (Å²) in [5, 5.41) is 16.2. The SMILES string of the molecule is Nc1ccc(F)c(NC(=O)[C@H]2C[C@](O)(c3ccccc3)CN2)c1. The smallest absolute Gasteiger partial charge is 0.241 e. The lowest BCUT2D eigenvalue weighted by atomic mass is 9.91. The maximum Gasteiger partial charge on any atom is 0.241 e. The Labute approximate surface area is 133 Å². The normalized spacial score (nSPS) is 23.7. The predicted molar refractivity (Wildman–Crippen MR) is 86.2 cm³/mol. The number of hydrogen-bond acceptors (Lipinski definition) is 4. The van der Waals surface area contributed by atoms with Crippen LogP contribution in [0.25, 0.3) is 0 Å². The molecule has 0 spiro atoms. The van der Waals surface area contributed by atoms with Crippen molar-refractivity contribution < 1.29 is 14.3 Å². The molecule has 6 heteroatoms. The number of amides is 1. The average molecular weight is 315 g/mol. The van der Waals surface area contributed by atoms with Crippen LogP contribution in [0, 0.1) is 5.82 Å². The van der Waals surface area contributed by atoms with Crippen LogP contribution >= 0.6 is 0 Å². The van der Waals surface area contributed by atoms with E-state index in [2.05, 4.69) is 10.6 Å². The van der Waals surface area contributed by atoms with Crippen LogP contribution in [0.4, 0.5) is 15.8 Å². The second kappa shape index (κ2) is 5.98. The first-order valence-electron chi connectivity index (χ1n) is 7.35. The maximum atomic E-state index is 13.7. The monoisotopic (exact) mass is 315 g/mol. The van der Waals surface area contributed by atoms with E-state index in [9.17, 15) is 14.3 Å². The molecule has 1 fully saturated rings. The van der Waals surface area contributed by atoms with Gasteiger partial charge in [-0.15, -0.1) is 0 Å². The first-order valence-corrected chi connectivity index (χ1v) is 7.35. The number of nitrogens with one attached hydrogen (secondary N) is 2. The number of β-amino-alcohol motifs (C(OH)–C–C–N with tert-alkyl or cyclic N) is 1. The number of benzene rings is 2. The molecular weight excluding hydrogens is 297 g/mol. The summed E-state index contributed by atoms with van der Waals surface area (Å²) < 4.78 is 13.7. The van der Waals surface area contributed by atoms with E-state index in [1.807, 2.05) is 30.3 Å². The van der Waals surface area contributed by atoms with Crippen molar-refractivity contribution in [3.05, 3.63) is 59.9 Å². The highest BCUT2D eigenvalue weighted by atomic mass is 19.1. The number of aliphatic hydroxyl groups is 1. The molecule has 3 rings (SSSR count). The predicted octanol–water partition coefficient (Wildman–Crippen LogP) is 1.60. The molecule has 2 aromatic carbocycles. The molecule has 1 heterocycles. The third-order valence-electron chi connectivity index (χ3n) is 4.06. The van der Waals surface area contributed by atoms with Crippen LogP contribution in [-0.4, -0.2) is 23.6 Å². The summed E-state index contributed by atoms with van der Waals surface area (Å²) in [5.41, 5.74) is 5.63. The number of nitrogens with two attached hydrogens (primary N) is 1. The van der Waals surface area contributed by atoms with Crippen molar-refractivity contribution >= 4 is 17.3 Å². The quantitative estimate of drug-likeness (QED) is 0.648. The van der Waals surface area contributed by atoms with Crippen molar-refractivity contribution in [2.75, 3.05) is 17.6 Å². The van der Waals surface area contributed by atoms with Crippen LogP contribution in [0.15, 0.2) is 48.5 Å². The fourth-order valence-electron chi connectivity index (χ4n) is 2.79. The standard InChI is InChI=1S/C17H18FN3O2/c18-13-7-6-12(19)8-14(13)21-16(22)15-9-17(23,10-20-15)11-4-2-1-3-5-11/h1-8,15,20,23H,9-10,19H2,(H,21,22)/t15-,17-/m1/s1. The minimum Gasteiger partial charge on any atom is -0.399 e. The number of hydrogen-bond donors (Lipinski definition) is 4. The third kappa shape index (κ3) is 3.18. The zero-order chi connectivity index (χ0) is 16.4. The Kier molecular flexibility index (Phi) is 4.02. The second-order valence-corrected chi connectivity index (χ2v) is 5.76. The summed E-state index contributed by atoms with van der Waals surface area (Å²) >= 11 is 0. The molecule has 0 unspecified atom stereocenters. The molecule has 1 amide bonds. The minimum atomic E-state index is -1.11. The Balaban J connectivity index is 1.71. The van der Waals surface area contributed by atoms with E-state index in [0.717, 1.165) is 5.56 Å². The van der Waals surface area contributed by atoms with Gasteiger partial charge in [-0.3, -0.25) is 4.79 Å². The summed E-state index contributed by atoms with van der Waals surface area (Å²) in [5.74, 6) is -0.953. The molecule has 1 aliphatic heterocycles. The highest BCUT2D eigenvalue weighted by molar-refractivity contribution is 5.95. The fourth-order valence-corrected chi connectivity index (χ4v) is 2.79. The van der Waals surface area contributed by atoms with Gasteiger partial charge in [0.15, 0.2) is 0 Å². The summed E-state index contributed by atoms with van der Waals surface area (Å²) in [6.45, 7) is 0.258. The average Bonchev–Trinajstić information content (AvgIpc) is 2.96. The van der Waals surface area contributed by atoms with Crippen LogP contribution in [0.5, 0.6) is 0 Å². The van der Waals surface area contributed by atoms with Crippen molar-refractivity contribution in [3.8, 4) is 0 Å². The first-order chi connectivity index (χ1) is 11.0. The largest absolute Gasteiger partial charge is 0.399 e. The Hall–Kier alpha value is -2.44. The molecule has 2 atom stereocenters. The van der Waals surface area contributed by atoms with E-state index in [4.69, 9.17) is 5.73 Å². The second-order valence-electron chi connectivity index (χ2n) is 5.76. The summed E-state index contributed by atoms with van der Waals surface area (Å²) in [6.07, 6.45) is 0.215. The van der Waals surface area contributed by atoms with Crippen molar-refractivity contribution in [3.63, 3.8) is 0 Å². The van der Waals surface area contributed by atoms with Crippen LogP contribution in [-0.2, 0) is 10.4 Å². The first kappa shape index (κ1) is 15.5. The van der Waals surface area contributed by atoms with Gasteiger partial charge >= 0.3 is 0 Å². The molecule has 1 saturated heterocycles. The number of nitrogen functional groups attached to an aromatic ring is 1. The molecule has 0 aromatic heterocycles. The fraction of sp³-hybridized carbons (Fsp3) is 0.235. The minimum absolute atomic E-state index is 0.0342. The molecule has 5 N–H and O–H groups in total. The molecule has 0 aliphatic carbocycles. The lowest BCUT2D eigenvalue weighted by molar-refractivity contribution is -0.118. The highest BCUT2D eigenvalue weighted by Gasteiger charge is 2.41. The van der Waals surface area contributed by atoms with Crippen LogP contribution < -0.4 is 16.4 Å². The molecule has 120 valence electrons. The van der Waals surface area contributed by atoms with E-state index in [1.165, 1.54) is 18.2 Å². The Bertz CT molecular complexity index is 723. The Morgan fingerprint density at radius 1 is 1.30 bits per heavy atom. The van der Waals surface area contributed by atoms with Crippen LogP contribution in [0.3, 0.4) is 0 Å². The summed E-state index contributed by atoms with van der Waals surface area (Å²) in [7, 11) is 0. The Morgan fingerprint density at radius 3 is 2.78 bits per heavy atom. The Morgan fingerprint density at radius 2 is 2.04 bits per heavy atom. The summed E-state index contributed by atoms with van der Waals surface area (Å²) in [4.78, 5) is 12.3. The molecule has 5 nitrogen and oxygen atoms in total. The van der Waals surface area contributed by atoms with Crippen LogP contribution in [0.2, 0.25) is 0 Å². The molecule has 0 saturated carbocycles. The van der Waals surface area contributed by atoms with Gasteiger partial charge in [-0.25, -0.2) is 4.39 Å². The molecule has 2 aromatic rings. The zero-order valence-corrected chi connectivity index (χ0v) is 12.4. The topological polar surface area (TPSA) is 87.4 Å². The van der Waals surface area contributed by atoms with Gasteiger partial charge in [0.25, 0.3) is 0 Å². The van der Waals surface area contributed by atoms with Gasteiger partial charge in [-0.1, -0.05) is 30.3 Å². The van der Waals surface area contributed by atoms with E-state index in [-0.39, 0.29) is 18.7 Å². The molecule has 0 bridgehead atoms. The van der Waals surface area contributed by atoms with Gasteiger partial charge in [-0.05, 0) is 23.8 Å². The van der Waals surface area contributed by atoms with Crippen molar-refractivity contribution in [2.24, 2.45) is 0 Å². The number of anilines is 2. The van der Waals surface area contributed by atoms with Crippen molar-refractivity contribution in [2.45, 2.75) is 18.1 Å². The van der Waals surface area contributed by atoms with Gasteiger partial charge in [0, 0.05) is 18.7 Å². The number of carbonyl (C=O) groups excluding carboxylic acids is 1. The summed E-state index contributed by atoms with van der Waals surface area (Å²) in [6, 6.07) is 12.6. The van der Waals surface area contributed by atoms with Crippen molar-refractivity contribution in [1.82, 2.24) is 5.32 Å². The van der Waals surface area contributed by atoms with Gasteiger partial charge in [0.05, 0.1) is 11.7 Å². The zero-order valence-electron chi connectivity index (χ0n) is 12.4. The molecule has 23 heavy (non-hydrogen) atoms. The van der Waals surface area contributed by atoms with E-state index < -0.39 is 23.4 Å². The van der Waals surface area contributed by atoms with E-state index in [1.54, 1.807) is 0 Å². The van der Waals surface area contributed by atoms with Crippen LogP contribution in [0.1, 0.15) is 12.0 Å². The maximum absolute atomic E-state index is 13.7.